The van der Waals surface area contributed by atoms with Crippen LogP contribution in [0, 0.1) is 5.92 Å². The van der Waals surface area contributed by atoms with E-state index in [9.17, 15) is 4.79 Å². The largest absolute Gasteiger partial charge is 0.339 e. The highest BCUT2D eigenvalue weighted by molar-refractivity contribution is 7.98. The first kappa shape index (κ1) is 18.8. The fraction of sp³-hybridized carbons (Fsp3) is 0.304. The van der Waals surface area contributed by atoms with Crippen molar-refractivity contribution in [2.24, 2.45) is 5.92 Å². The van der Waals surface area contributed by atoms with E-state index in [-0.39, 0.29) is 5.91 Å². The summed E-state index contributed by atoms with van der Waals surface area (Å²) in [5.41, 5.74) is 1.98. The van der Waals surface area contributed by atoms with Crippen molar-refractivity contribution in [1.82, 2.24) is 14.5 Å². The van der Waals surface area contributed by atoms with Gasteiger partial charge in [0.25, 0.3) is 5.91 Å². The van der Waals surface area contributed by atoms with Crippen LogP contribution in [0.25, 0.3) is 11.4 Å². The topological polar surface area (TPSA) is 38.1 Å². The zero-order valence-electron chi connectivity index (χ0n) is 16.1. The van der Waals surface area contributed by atoms with E-state index in [0.717, 1.165) is 54.3 Å². The highest BCUT2D eigenvalue weighted by Gasteiger charge is 2.25. The van der Waals surface area contributed by atoms with Crippen molar-refractivity contribution in [2.45, 2.75) is 24.3 Å². The number of benzene rings is 2. The van der Waals surface area contributed by atoms with Gasteiger partial charge in [-0.25, -0.2) is 4.98 Å². The molecule has 1 aromatic heterocycles. The van der Waals surface area contributed by atoms with Gasteiger partial charge in [0.15, 0.2) is 0 Å². The number of imidazole rings is 1. The molecule has 28 heavy (non-hydrogen) atoms. The van der Waals surface area contributed by atoms with Gasteiger partial charge in [0.05, 0.1) is 5.56 Å². The minimum Gasteiger partial charge on any atom is -0.339 e. The van der Waals surface area contributed by atoms with Gasteiger partial charge in [0.1, 0.15) is 5.82 Å². The molecule has 3 aromatic rings. The molecule has 5 heteroatoms. The van der Waals surface area contributed by atoms with Crippen molar-refractivity contribution in [3.63, 3.8) is 0 Å². The Kier molecular flexibility index (Phi) is 5.81. The summed E-state index contributed by atoms with van der Waals surface area (Å²) in [5.74, 6) is 1.75. The minimum atomic E-state index is 0.163. The van der Waals surface area contributed by atoms with Crippen LogP contribution >= 0.6 is 11.8 Å². The summed E-state index contributed by atoms with van der Waals surface area (Å²) in [6, 6.07) is 18.2. The Bertz CT molecular complexity index is 930. The molecule has 0 unspecified atom stereocenters. The molecule has 4 rings (SSSR count). The quantitative estimate of drug-likeness (QED) is 0.585. The van der Waals surface area contributed by atoms with Gasteiger partial charge < -0.3 is 9.47 Å². The third-order valence-corrected chi connectivity index (χ3v) is 6.24. The maximum Gasteiger partial charge on any atom is 0.254 e. The first-order valence-corrected chi connectivity index (χ1v) is 11.0. The molecule has 1 saturated heterocycles. The molecule has 0 spiro atoms. The lowest BCUT2D eigenvalue weighted by Crippen LogP contribution is -2.39. The number of hydrogen-bond acceptors (Lipinski definition) is 3. The summed E-state index contributed by atoms with van der Waals surface area (Å²) in [6.45, 7) is 2.59. The van der Waals surface area contributed by atoms with Crippen LogP contribution in [0.2, 0.25) is 0 Å². The monoisotopic (exact) mass is 391 g/mol. The van der Waals surface area contributed by atoms with Crippen LogP contribution in [-0.4, -0.2) is 39.7 Å². The van der Waals surface area contributed by atoms with Crippen LogP contribution in [0.3, 0.4) is 0 Å². The molecule has 1 amide bonds. The number of carbonyl (C=O) groups excluding carboxylic acids is 1. The van der Waals surface area contributed by atoms with E-state index in [0.29, 0.717) is 5.92 Å². The standard InChI is InChI=1S/C23H25N3OS/c1-28-21-10-6-5-9-20(21)23(27)25-14-11-18(12-15-25)17-26-16-13-24-22(26)19-7-3-2-4-8-19/h2-10,13,16,18H,11-12,14-15,17H2,1H3. The summed E-state index contributed by atoms with van der Waals surface area (Å²) in [6.07, 6.45) is 8.02. The third-order valence-electron chi connectivity index (χ3n) is 5.44. The zero-order valence-corrected chi connectivity index (χ0v) is 16.9. The maximum atomic E-state index is 12.9. The molecule has 0 bridgehead atoms. The zero-order chi connectivity index (χ0) is 19.3. The van der Waals surface area contributed by atoms with Gasteiger partial charge >= 0.3 is 0 Å². The lowest BCUT2D eigenvalue weighted by Gasteiger charge is -2.32. The van der Waals surface area contributed by atoms with Crippen LogP contribution in [0.5, 0.6) is 0 Å². The van der Waals surface area contributed by atoms with Crippen molar-refractivity contribution in [3.05, 3.63) is 72.6 Å². The second-order valence-corrected chi connectivity index (χ2v) is 8.05. The number of thioether (sulfide) groups is 1. The molecular formula is C23H25N3OS. The molecule has 0 N–H and O–H groups in total. The number of aromatic nitrogens is 2. The normalized spacial score (nSPS) is 15.0. The van der Waals surface area contributed by atoms with Crippen molar-refractivity contribution < 1.29 is 4.79 Å². The van der Waals surface area contributed by atoms with E-state index in [1.807, 2.05) is 59.8 Å². The number of amides is 1. The number of nitrogens with zero attached hydrogens (tertiary/aromatic N) is 3. The second-order valence-electron chi connectivity index (χ2n) is 7.21. The molecule has 0 aliphatic carbocycles. The Hall–Kier alpha value is -2.53. The number of likely N-dealkylation sites (tertiary alicyclic amines) is 1. The van der Waals surface area contributed by atoms with Gasteiger partial charge in [0.2, 0.25) is 0 Å². The highest BCUT2D eigenvalue weighted by atomic mass is 32.2. The average molecular weight is 392 g/mol. The molecule has 0 radical (unpaired) electrons. The fourth-order valence-electron chi connectivity index (χ4n) is 3.89. The summed E-state index contributed by atoms with van der Waals surface area (Å²) < 4.78 is 2.25. The summed E-state index contributed by atoms with van der Waals surface area (Å²) in [7, 11) is 0. The van der Waals surface area contributed by atoms with Gasteiger partial charge in [-0.15, -0.1) is 11.8 Å². The van der Waals surface area contributed by atoms with E-state index in [4.69, 9.17) is 0 Å². The van der Waals surface area contributed by atoms with Crippen LogP contribution in [0.4, 0.5) is 0 Å². The Labute approximate surface area is 170 Å². The molecule has 144 valence electrons. The summed E-state index contributed by atoms with van der Waals surface area (Å²) >= 11 is 1.63. The highest BCUT2D eigenvalue weighted by Crippen LogP contribution is 2.26. The Balaban J connectivity index is 1.39. The molecule has 1 aliphatic heterocycles. The van der Waals surface area contributed by atoms with Crippen LogP contribution in [0.15, 0.2) is 71.9 Å². The van der Waals surface area contributed by atoms with Crippen molar-refractivity contribution in [3.8, 4) is 11.4 Å². The van der Waals surface area contributed by atoms with Crippen LogP contribution < -0.4 is 0 Å². The lowest BCUT2D eigenvalue weighted by atomic mass is 9.96. The van der Waals surface area contributed by atoms with Crippen molar-refractivity contribution in [1.29, 1.82) is 0 Å². The average Bonchev–Trinajstić information content (AvgIpc) is 3.22. The summed E-state index contributed by atoms with van der Waals surface area (Å²) in [4.78, 5) is 20.6. The van der Waals surface area contributed by atoms with Gasteiger partial charge in [-0.05, 0) is 37.1 Å². The summed E-state index contributed by atoms with van der Waals surface area (Å²) in [5, 5.41) is 0. The predicted octanol–water partition coefficient (Wildman–Crippen LogP) is 4.82. The smallest absolute Gasteiger partial charge is 0.254 e. The Morgan fingerprint density at radius 2 is 1.79 bits per heavy atom. The van der Waals surface area contributed by atoms with Crippen LogP contribution in [-0.2, 0) is 6.54 Å². The van der Waals surface area contributed by atoms with Crippen LogP contribution in [0.1, 0.15) is 23.2 Å². The number of rotatable bonds is 5. The Morgan fingerprint density at radius 1 is 1.07 bits per heavy atom. The molecule has 2 heterocycles. The number of piperidine rings is 1. The first-order valence-electron chi connectivity index (χ1n) is 9.75. The SMILES string of the molecule is CSc1ccccc1C(=O)N1CCC(Cn2ccnc2-c2ccccc2)CC1. The van der Waals surface area contributed by atoms with E-state index < -0.39 is 0 Å². The fourth-order valence-corrected chi connectivity index (χ4v) is 4.48. The van der Waals surface area contributed by atoms with Gasteiger partial charge in [-0.1, -0.05) is 42.5 Å². The second kappa shape index (κ2) is 8.65. The minimum absolute atomic E-state index is 0.163. The molecule has 1 fully saturated rings. The molecule has 0 saturated carbocycles. The molecule has 4 nitrogen and oxygen atoms in total. The first-order chi connectivity index (χ1) is 13.8. The molecule has 1 aliphatic rings. The number of hydrogen-bond donors (Lipinski definition) is 0. The predicted molar refractivity (Wildman–Crippen MR) is 115 cm³/mol. The molecule has 2 aromatic carbocycles. The van der Waals surface area contributed by atoms with E-state index in [2.05, 4.69) is 27.9 Å². The van der Waals surface area contributed by atoms with E-state index >= 15 is 0 Å². The Morgan fingerprint density at radius 3 is 2.54 bits per heavy atom. The van der Waals surface area contributed by atoms with E-state index in [1.54, 1.807) is 11.8 Å². The van der Waals surface area contributed by atoms with Gasteiger partial charge in [-0.2, -0.15) is 0 Å². The maximum absolute atomic E-state index is 12.9. The van der Waals surface area contributed by atoms with E-state index in [1.165, 1.54) is 0 Å². The van der Waals surface area contributed by atoms with Gasteiger partial charge in [0, 0.05) is 42.5 Å². The lowest BCUT2D eigenvalue weighted by molar-refractivity contribution is 0.0679. The van der Waals surface area contributed by atoms with Crippen molar-refractivity contribution >= 4 is 17.7 Å². The third kappa shape index (κ3) is 3.99. The molecular weight excluding hydrogens is 366 g/mol. The number of carbonyl (C=O) groups is 1. The van der Waals surface area contributed by atoms with Crippen molar-refractivity contribution in [2.75, 3.05) is 19.3 Å². The van der Waals surface area contributed by atoms with Gasteiger partial charge in [-0.3, -0.25) is 4.79 Å². The molecule has 0 atom stereocenters.